The molecule has 0 aliphatic heterocycles. The Kier molecular flexibility index (Phi) is 6.76. The zero-order valence-electron chi connectivity index (χ0n) is 7.31. The third-order valence-corrected chi connectivity index (χ3v) is 1.50. The molecule has 0 saturated heterocycles. The second-order valence-corrected chi connectivity index (χ2v) is 2.55. The van der Waals surface area contributed by atoms with E-state index in [9.17, 15) is 9.59 Å². The molecule has 0 aliphatic carbocycles. The highest BCUT2D eigenvalue weighted by molar-refractivity contribution is 5.75. The third kappa shape index (κ3) is 4.18. The molecule has 0 saturated carbocycles. The van der Waals surface area contributed by atoms with Crippen molar-refractivity contribution in [2.45, 2.75) is 24.4 Å². The maximum atomic E-state index is 10.1. The summed E-state index contributed by atoms with van der Waals surface area (Å²) in [4.78, 5) is 20.2. The van der Waals surface area contributed by atoms with E-state index in [4.69, 9.17) is 30.6 Å². The molecule has 0 aromatic heterocycles. The van der Waals surface area contributed by atoms with Crippen LogP contribution >= 0.6 is 0 Å². The molecule has 0 bridgehead atoms. The number of hydrogen-bond donors (Lipinski definition) is 6. The topological polar surface area (TPSA) is 187 Å². The lowest BCUT2D eigenvalue weighted by Gasteiger charge is -2.21. The van der Waals surface area contributed by atoms with Crippen LogP contribution in [0.4, 0.5) is 0 Å². The van der Waals surface area contributed by atoms with Gasteiger partial charge in [0.1, 0.15) is 12.2 Å². The Hall–Kier alpha value is -1.26. The summed E-state index contributed by atoms with van der Waals surface area (Å²) in [5.74, 6) is -3.68. The Morgan fingerprint density at radius 1 is 0.733 bits per heavy atom. The molecule has 0 unspecified atom stereocenters. The summed E-state index contributed by atoms with van der Waals surface area (Å²) in [5.41, 5.74) is 0. The molecule has 0 fully saturated rings. The van der Waals surface area contributed by atoms with Gasteiger partial charge in [0.25, 0.3) is 0 Å². The van der Waals surface area contributed by atoms with E-state index in [1.54, 1.807) is 0 Å². The first-order chi connectivity index (χ1) is 6.29. The van der Waals surface area contributed by atoms with Crippen molar-refractivity contribution in [3.05, 3.63) is 0 Å². The molecule has 0 heterocycles. The number of aliphatic hydroxyl groups excluding tert-OH is 4. The molecule has 9 heteroatoms. The van der Waals surface area contributed by atoms with Gasteiger partial charge in [-0.25, -0.2) is 9.59 Å². The fourth-order valence-electron chi connectivity index (χ4n) is 0.666. The van der Waals surface area contributed by atoms with Crippen LogP contribution in [0, 0.1) is 0 Å². The van der Waals surface area contributed by atoms with E-state index in [0.29, 0.717) is 0 Å². The van der Waals surface area contributed by atoms with E-state index in [1.807, 2.05) is 0 Å². The van der Waals surface area contributed by atoms with E-state index < -0.39 is 36.4 Å². The number of aliphatic carboxylic acids is 2. The van der Waals surface area contributed by atoms with E-state index in [2.05, 4.69) is 0 Å². The minimum Gasteiger partial charge on any atom is -0.479 e. The second-order valence-electron chi connectivity index (χ2n) is 2.55. The van der Waals surface area contributed by atoms with E-state index >= 15 is 0 Å². The summed E-state index contributed by atoms with van der Waals surface area (Å²) in [7, 11) is 0. The summed E-state index contributed by atoms with van der Waals surface area (Å²) in [5, 5.41) is 51.5. The highest BCUT2D eigenvalue weighted by Gasteiger charge is 2.37. The SMILES string of the molecule is O.O=C(O)[C@@H](O)[C@H](O)[C@H](O)[C@@H](O)C(=O)O. The number of hydrogen-bond acceptors (Lipinski definition) is 6. The lowest BCUT2D eigenvalue weighted by atomic mass is 10.0. The van der Waals surface area contributed by atoms with Gasteiger partial charge in [-0.1, -0.05) is 0 Å². The standard InChI is InChI=1S/C6H10O8.H2O/c7-1(3(9)5(11)12)2(8)4(10)6(13)14;/h1-4,7-10H,(H,11,12)(H,13,14);1H2/t1-,2+,3+,4-;. The molecule has 0 amide bonds. The molecule has 0 spiro atoms. The van der Waals surface area contributed by atoms with Crippen LogP contribution < -0.4 is 0 Å². The molecule has 0 rings (SSSR count). The minimum atomic E-state index is -2.36. The summed E-state index contributed by atoms with van der Waals surface area (Å²) in [6.45, 7) is 0. The van der Waals surface area contributed by atoms with E-state index in [-0.39, 0.29) is 5.48 Å². The van der Waals surface area contributed by atoms with Crippen LogP contribution in [0.3, 0.4) is 0 Å². The van der Waals surface area contributed by atoms with Gasteiger partial charge in [0.05, 0.1) is 0 Å². The van der Waals surface area contributed by atoms with Crippen molar-refractivity contribution < 1.29 is 45.7 Å². The normalized spacial score (nSPS) is 18.1. The fraction of sp³-hybridized carbons (Fsp3) is 0.667. The van der Waals surface area contributed by atoms with Gasteiger partial charge in [0.2, 0.25) is 0 Å². The maximum absolute atomic E-state index is 10.1. The lowest BCUT2D eigenvalue weighted by molar-refractivity contribution is -0.172. The monoisotopic (exact) mass is 228 g/mol. The van der Waals surface area contributed by atoms with Crippen LogP contribution in [-0.4, -0.2) is 72.5 Å². The van der Waals surface area contributed by atoms with E-state index in [1.165, 1.54) is 0 Å². The van der Waals surface area contributed by atoms with Crippen LogP contribution in [-0.2, 0) is 9.59 Å². The van der Waals surface area contributed by atoms with Crippen molar-refractivity contribution in [1.29, 1.82) is 0 Å². The summed E-state index contributed by atoms with van der Waals surface area (Å²) >= 11 is 0. The number of rotatable bonds is 5. The lowest BCUT2D eigenvalue weighted by Crippen LogP contribution is -2.49. The quantitative estimate of drug-likeness (QED) is 0.273. The number of carboxylic acid groups (broad SMARTS) is 2. The molecular weight excluding hydrogens is 216 g/mol. The third-order valence-electron chi connectivity index (χ3n) is 1.50. The van der Waals surface area contributed by atoms with Crippen molar-refractivity contribution in [2.24, 2.45) is 0 Å². The predicted octanol–water partition coefficient (Wildman–Crippen LogP) is -4.23. The Morgan fingerprint density at radius 3 is 1.07 bits per heavy atom. The fourth-order valence-corrected chi connectivity index (χ4v) is 0.666. The number of carbonyl (C=O) groups is 2. The van der Waals surface area contributed by atoms with Crippen molar-refractivity contribution in [3.63, 3.8) is 0 Å². The van der Waals surface area contributed by atoms with Gasteiger partial charge in [-0.3, -0.25) is 0 Å². The van der Waals surface area contributed by atoms with Gasteiger partial charge in [-0.05, 0) is 0 Å². The average Bonchev–Trinajstić information content (AvgIpc) is 2.12. The molecule has 0 radical (unpaired) electrons. The summed E-state index contributed by atoms with van der Waals surface area (Å²) < 4.78 is 0. The molecule has 8 N–H and O–H groups in total. The Bertz CT molecular complexity index is 203. The summed E-state index contributed by atoms with van der Waals surface area (Å²) in [6.07, 6.45) is -9.28. The molecular formula is C6H12O9. The molecule has 4 atom stereocenters. The Balaban J connectivity index is 0. The van der Waals surface area contributed by atoms with Crippen molar-refractivity contribution >= 4 is 11.9 Å². The van der Waals surface area contributed by atoms with Gasteiger partial charge < -0.3 is 36.1 Å². The first-order valence-electron chi connectivity index (χ1n) is 3.47. The van der Waals surface area contributed by atoms with Gasteiger partial charge in [-0.15, -0.1) is 0 Å². The molecule has 0 aromatic rings. The van der Waals surface area contributed by atoms with Crippen molar-refractivity contribution in [2.75, 3.05) is 0 Å². The van der Waals surface area contributed by atoms with Gasteiger partial charge in [0, 0.05) is 0 Å². The van der Waals surface area contributed by atoms with Crippen LogP contribution in [0.25, 0.3) is 0 Å². The smallest absolute Gasteiger partial charge is 0.335 e. The first-order valence-corrected chi connectivity index (χ1v) is 3.47. The van der Waals surface area contributed by atoms with Crippen LogP contribution in [0.2, 0.25) is 0 Å². The first kappa shape index (κ1) is 16.2. The molecule has 0 aliphatic rings. The Morgan fingerprint density at radius 2 is 0.933 bits per heavy atom. The largest absolute Gasteiger partial charge is 0.479 e. The second kappa shape index (κ2) is 6.27. The van der Waals surface area contributed by atoms with Gasteiger partial charge in [-0.2, -0.15) is 0 Å². The average molecular weight is 228 g/mol. The predicted molar refractivity (Wildman–Crippen MR) is 42.9 cm³/mol. The number of carboxylic acids is 2. The van der Waals surface area contributed by atoms with Gasteiger partial charge >= 0.3 is 11.9 Å². The number of aliphatic hydroxyl groups is 4. The molecule has 9 nitrogen and oxygen atoms in total. The zero-order chi connectivity index (χ0) is 11.5. The summed E-state index contributed by atoms with van der Waals surface area (Å²) in [6, 6.07) is 0. The molecule has 15 heavy (non-hydrogen) atoms. The molecule has 90 valence electrons. The van der Waals surface area contributed by atoms with Crippen LogP contribution in [0.1, 0.15) is 0 Å². The van der Waals surface area contributed by atoms with E-state index in [0.717, 1.165) is 0 Å². The Labute approximate surface area is 83.1 Å². The molecule has 0 aromatic carbocycles. The van der Waals surface area contributed by atoms with Gasteiger partial charge in [0.15, 0.2) is 12.2 Å². The van der Waals surface area contributed by atoms with Crippen LogP contribution in [0.15, 0.2) is 0 Å². The van der Waals surface area contributed by atoms with Crippen LogP contribution in [0.5, 0.6) is 0 Å². The highest BCUT2D eigenvalue weighted by Crippen LogP contribution is 2.05. The zero-order valence-corrected chi connectivity index (χ0v) is 7.31. The maximum Gasteiger partial charge on any atom is 0.335 e. The highest BCUT2D eigenvalue weighted by atomic mass is 16.4. The van der Waals surface area contributed by atoms with Crippen molar-refractivity contribution in [1.82, 2.24) is 0 Å². The minimum absolute atomic E-state index is 0. The van der Waals surface area contributed by atoms with Crippen molar-refractivity contribution in [3.8, 4) is 0 Å².